The highest BCUT2D eigenvalue weighted by atomic mass is 16.6. The number of epoxide rings is 1. The standard InChI is InChI=1S/C23H28O5/c1-12(24)23(28-13(2)25)10-7-16-18-15(6-9-22(16,23)4)21(3)8-5-14(26)11-17(21)19-20(18)27-19/h5,8,11,15-16,18-20H,6-7,9-10H2,1-4H3/t15-,16-,18+,19?,20?,21+,22-,23-/m0/s1. The topological polar surface area (TPSA) is 73.0 Å². The lowest BCUT2D eigenvalue weighted by Gasteiger charge is -2.56. The van der Waals surface area contributed by atoms with Gasteiger partial charge in [0.25, 0.3) is 0 Å². The molecule has 5 rings (SSSR count). The van der Waals surface area contributed by atoms with Crippen LogP contribution in [0.4, 0.5) is 0 Å². The molecule has 0 amide bonds. The van der Waals surface area contributed by atoms with Gasteiger partial charge in [0, 0.05) is 17.8 Å². The van der Waals surface area contributed by atoms with E-state index in [1.165, 1.54) is 6.92 Å². The maximum Gasteiger partial charge on any atom is 0.303 e. The zero-order chi connectivity index (χ0) is 20.1. The van der Waals surface area contributed by atoms with Crippen molar-refractivity contribution in [1.29, 1.82) is 0 Å². The van der Waals surface area contributed by atoms with E-state index in [1.807, 2.05) is 0 Å². The number of hydrogen-bond donors (Lipinski definition) is 0. The van der Waals surface area contributed by atoms with E-state index in [0.29, 0.717) is 18.3 Å². The molecule has 5 aliphatic rings. The van der Waals surface area contributed by atoms with Gasteiger partial charge < -0.3 is 9.47 Å². The van der Waals surface area contributed by atoms with Crippen LogP contribution in [0.15, 0.2) is 23.8 Å². The van der Waals surface area contributed by atoms with Crippen molar-refractivity contribution >= 4 is 17.5 Å². The molecule has 1 heterocycles. The molecule has 0 spiro atoms. The number of fused-ring (bicyclic) bond motifs is 8. The normalized spacial score (nSPS) is 50.6. The highest BCUT2D eigenvalue weighted by molar-refractivity contribution is 6.01. The molecular weight excluding hydrogens is 356 g/mol. The number of esters is 1. The molecule has 2 unspecified atom stereocenters. The number of Topliss-reactive ketones (excluding diaryl/α,β-unsaturated/α-hetero) is 1. The molecular formula is C23H28O5. The molecule has 1 aliphatic heterocycles. The van der Waals surface area contributed by atoms with Crippen molar-refractivity contribution in [1.82, 2.24) is 0 Å². The molecule has 0 aromatic carbocycles. The summed E-state index contributed by atoms with van der Waals surface area (Å²) in [7, 11) is 0. The highest BCUT2D eigenvalue weighted by Crippen LogP contribution is 2.70. The van der Waals surface area contributed by atoms with Crippen molar-refractivity contribution in [2.24, 2.45) is 28.6 Å². The average Bonchev–Trinajstić information content (AvgIpc) is 3.35. The predicted molar refractivity (Wildman–Crippen MR) is 101 cm³/mol. The molecule has 0 radical (unpaired) electrons. The number of carbonyl (C=O) groups is 3. The number of ether oxygens (including phenoxy) is 2. The highest BCUT2D eigenvalue weighted by Gasteiger charge is 2.73. The summed E-state index contributed by atoms with van der Waals surface area (Å²) in [4.78, 5) is 36.7. The van der Waals surface area contributed by atoms with Gasteiger partial charge in [0.05, 0.1) is 6.10 Å². The van der Waals surface area contributed by atoms with Crippen LogP contribution in [0, 0.1) is 28.6 Å². The quantitative estimate of drug-likeness (QED) is 0.540. The zero-order valence-electron chi connectivity index (χ0n) is 17.0. The van der Waals surface area contributed by atoms with Gasteiger partial charge in [-0.2, -0.15) is 0 Å². The molecule has 4 fully saturated rings. The molecule has 5 heteroatoms. The van der Waals surface area contributed by atoms with Crippen LogP contribution < -0.4 is 0 Å². The number of carbonyl (C=O) groups excluding carboxylic acids is 3. The predicted octanol–water partition coefficient (Wildman–Crippen LogP) is 3.17. The van der Waals surface area contributed by atoms with Crippen LogP contribution in [-0.4, -0.2) is 35.3 Å². The van der Waals surface area contributed by atoms with Crippen molar-refractivity contribution in [3.63, 3.8) is 0 Å². The summed E-state index contributed by atoms with van der Waals surface area (Å²) in [6.45, 7) is 7.35. The second kappa shape index (κ2) is 5.44. The maximum atomic E-state index is 12.8. The van der Waals surface area contributed by atoms with Gasteiger partial charge in [-0.3, -0.25) is 14.4 Å². The third kappa shape index (κ3) is 2.04. The minimum atomic E-state index is -1.02. The monoisotopic (exact) mass is 384 g/mol. The lowest BCUT2D eigenvalue weighted by molar-refractivity contribution is -0.186. The van der Waals surface area contributed by atoms with E-state index in [1.54, 1.807) is 19.1 Å². The van der Waals surface area contributed by atoms with E-state index in [9.17, 15) is 14.4 Å². The molecule has 4 aliphatic carbocycles. The molecule has 8 atom stereocenters. The number of hydrogen-bond acceptors (Lipinski definition) is 5. The van der Waals surface area contributed by atoms with Crippen molar-refractivity contribution < 1.29 is 23.9 Å². The smallest absolute Gasteiger partial charge is 0.303 e. The number of allylic oxidation sites excluding steroid dienone is 3. The summed E-state index contributed by atoms with van der Waals surface area (Å²) in [5.41, 5.74) is -0.423. The van der Waals surface area contributed by atoms with Gasteiger partial charge in [0.1, 0.15) is 6.10 Å². The Kier molecular flexibility index (Phi) is 3.55. The van der Waals surface area contributed by atoms with Crippen LogP contribution in [0.2, 0.25) is 0 Å². The minimum absolute atomic E-state index is 0.0172. The van der Waals surface area contributed by atoms with Gasteiger partial charge >= 0.3 is 5.97 Å². The Morgan fingerprint density at radius 2 is 1.86 bits per heavy atom. The van der Waals surface area contributed by atoms with Gasteiger partial charge in [0.2, 0.25) is 0 Å². The lowest BCUT2D eigenvalue weighted by Crippen LogP contribution is -2.59. The minimum Gasteiger partial charge on any atom is -0.451 e. The largest absolute Gasteiger partial charge is 0.451 e. The summed E-state index contributed by atoms with van der Waals surface area (Å²) in [6.07, 6.45) is 8.94. The molecule has 5 nitrogen and oxygen atoms in total. The second-order valence-corrected chi connectivity index (χ2v) is 9.90. The first kappa shape index (κ1) is 18.3. The van der Waals surface area contributed by atoms with Crippen LogP contribution in [0.5, 0.6) is 0 Å². The van der Waals surface area contributed by atoms with E-state index in [4.69, 9.17) is 9.47 Å². The van der Waals surface area contributed by atoms with Crippen LogP contribution in [0.25, 0.3) is 0 Å². The van der Waals surface area contributed by atoms with Crippen LogP contribution in [-0.2, 0) is 23.9 Å². The number of ketones is 2. The zero-order valence-corrected chi connectivity index (χ0v) is 17.0. The van der Waals surface area contributed by atoms with E-state index >= 15 is 0 Å². The molecule has 0 bridgehead atoms. The van der Waals surface area contributed by atoms with E-state index in [-0.39, 0.29) is 46.5 Å². The molecule has 0 aromatic heterocycles. The van der Waals surface area contributed by atoms with Gasteiger partial charge in [-0.15, -0.1) is 0 Å². The second-order valence-electron chi connectivity index (χ2n) is 9.90. The summed E-state index contributed by atoms with van der Waals surface area (Å²) >= 11 is 0. The first-order chi connectivity index (χ1) is 13.1. The molecule has 150 valence electrons. The first-order valence-corrected chi connectivity index (χ1v) is 10.5. The molecule has 1 saturated heterocycles. The Morgan fingerprint density at radius 3 is 2.54 bits per heavy atom. The summed E-state index contributed by atoms with van der Waals surface area (Å²) in [5, 5.41) is 0. The summed E-state index contributed by atoms with van der Waals surface area (Å²) in [6, 6.07) is 0. The van der Waals surface area contributed by atoms with Crippen molar-refractivity contribution in [2.45, 2.75) is 71.2 Å². The summed E-state index contributed by atoms with van der Waals surface area (Å²) in [5.74, 6) is 0.603. The summed E-state index contributed by atoms with van der Waals surface area (Å²) < 4.78 is 12.0. The third-order valence-electron chi connectivity index (χ3n) is 8.83. The third-order valence-corrected chi connectivity index (χ3v) is 8.83. The molecule has 0 aromatic rings. The first-order valence-electron chi connectivity index (χ1n) is 10.5. The Labute approximate surface area is 165 Å². The van der Waals surface area contributed by atoms with Crippen molar-refractivity contribution in [2.75, 3.05) is 0 Å². The van der Waals surface area contributed by atoms with E-state index in [2.05, 4.69) is 19.9 Å². The van der Waals surface area contributed by atoms with Crippen LogP contribution in [0.3, 0.4) is 0 Å². The Bertz CT molecular complexity index is 855. The maximum absolute atomic E-state index is 12.8. The van der Waals surface area contributed by atoms with E-state index in [0.717, 1.165) is 24.8 Å². The number of rotatable bonds is 2. The fourth-order valence-corrected chi connectivity index (χ4v) is 7.52. The van der Waals surface area contributed by atoms with Crippen molar-refractivity contribution in [3.05, 3.63) is 23.8 Å². The van der Waals surface area contributed by atoms with Gasteiger partial charge in [-0.05, 0) is 68.1 Å². The fourth-order valence-electron chi connectivity index (χ4n) is 7.52. The van der Waals surface area contributed by atoms with E-state index < -0.39 is 5.60 Å². The Hall–Kier alpha value is -1.75. The van der Waals surface area contributed by atoms with Gasteiger partial charge in [0.15, 0.2) is 17.2 Å². The van der Waals surface area contributed by atoms with Crippen molar-refractivity contribution in [3.8, 4) is 0 Å². The van der Waals surface area contributed by atoms with Crippen LogP contribution >= 0.6 is 0 Å². The molecule has 0 N–H and O–H groups in total. The fraction of sp³-hybridized carbons (Fsp3) is 0.696. The molecule has 28 heavy (non-hydrogen) atoms. The average molecular weight is 384 g/mol. The Morgan fingerprint density at radius 1 is 1.14 bits per heavy atom. The SMILES string of the molecule is CC(=O)O[C@]1(C(C)=O)CC[C@H]2[C@@H]3C4OC4C4=CC(=O)C=C[C@]4(C)[C@H]3CC[C@@]21C. The molecule has 3 saturated carbocycles. The van der Waals surface area contributed by atoms with Crippen LogP contribution in [0.1, 0.15) is 53.4 Å². The van der Waals surface area contributed by atoms with Gasteiger partial charge in [-0.1, -0.05) is 19.9 Å². The van der Waals surface area contributed by atoms with Gasteiger partial charge in [-0.25, -0.2) is 0 Å². The lowest BCUT2D eigenvalue weighted by atomic mass is 9.47. The Balaban J connectivity index is 1.56.